The van der Waals surface area contributed by atoms with E-state index >= 15 is 0 Å². The molecule has 1 unspecified atom stereocenters. The zero-order valence-corrected chi connectivity index (χ0v) is 13.5. The van der Waals surface area contributed by atoms with Crippen LogP contribution in [0.4, 0.5) is 4.79 Å². The molecule has 1 aromatic heterocycles. The summed E-state index contributed by atoms with van der Waals surface area (Å²) >= 11 is 13.1. The van der Waals surface area contributed by atoms with Crippen molar-refractivity contribution in [3.05, 3.63) is 33.1 Å². The molecule has 2 aromatic rings. The maximum absolute atomic E-state index is 12.1. The molecule has 0 fully saturated rings. The molecule has 9 heteroatoms. The van der Waals surface area contributed by atoms with Crippen molar-refractivity contribution in [2.75, 3.05) is 0 Å². The van der Waals surface area contributed by atoms with Gasteiger partial charge in [0.15, 0.2) is 6.10 Å². The number of ether oxygens (including phenoxy) is 1. The number of imide groups is 1. The summed E-state index contributed by atoms with van der Waals surface area (Å²) in [6, 6.07) is 3.99. The molecule has 0 spiro atoms. The molecule has 0 aliphatic heterocycles. The molecule has 1 heterocycles. The number of amides is 3. The molecule has 3 amide bonds. The topological polar surface area (TPSA) is 98.5 Å². The minimum absolute atomic E-state index is 0.151. The van der Waals surface area contributed by atoms with E-state index in [-0.39, 0.29) is 9.90 Å². The van der Waals surface area contributed by atoms with Crippen LogP contribution in [0.2, 0.25) is 10.0 Å². The normalized spacial score (nSPS) is 12.0. The second-order valence-corrected chi connectivity index (χ2v) is 6.15. The largest absolute Gasteiger partial charge is 0.448 e. The summed E-state index contributed by atoms with van der Waals surface area (Å²) in [6.07, 6.45) is -1.19. The lowest BCUT2D eigenvalue weighted by Gasteiger charge is -2.11. The number of primary amides is 1. The smallest absolute Gasteiger partial charge is 0.350 e. The summed E-state index contributed by atoms with van der Waals surface area (Å²) in [5.74, 6) is -1.59. The van der Waals surface area contributed by atoms with Crippen molar-refractivity contribution in [3.8, 4) is 0 Å². The van der Waals surface area contributed by atoms with Gasteiger partial charge < -0.3 is 10.5 Å². The van der Waals surface area contributed by atoms with Gasteiger partial charge in [-0.1, -0.05) is 29.3 Å². The number of carbonyl (C=O) groups excluding carboxylic acids is 3. The number of hydrogen-bond donors (Lipinski definition) is 2. The van der Waals surface area contributed by atoms with E-state index in [0.29, 0.717) is 10.4 Å². The first kappa shape index (κ1) is 16.5. The first-order chi connectivity index (χ1) is 10.3. The standard InChI is InChI=1S/C13H10Cl2N2O4S/c1-5(11(18)17-13(16)20)21-12(19)10-9(15)7-3-2-6(14)4-8(7)22-10/h2-5H,1H3,(H3,16,17,18,20). The molecule has 22 heavy (non-hydrogen) atoms. The highest BCUT2D eigenvalue weighted by molar-refractivity contribution is 7.21. The van der Waals surface area contributed by atoms with Crippen molar-refractivity contribution in [1.82, 2.24) is 5.32 Å². The minimum atomic E-state index is -1.19. The van der Waals surface area contributed by atoms with Crippen molar-refractivity contribution < 1.29 is 19.1 Å². The highest BCUT2D eigenvalue weighted by atomic mass is 35.5. The van der Waals surface area contributed by atoms with E-state index in [2.05, 4.69) is 0 Å². The van der Waals surface area contributed by atoms with Crippen molar-refractivity contribution in [3.63, 3.8) is 0 Å². The van der Waals surface area contributed by atoms with Gasteiger partial charge in [-0.05, 0) is 19.1 Å². The van der Waals surface area contributed by atoms with E-state index in [1.54, 1.807) is 18.2 Å². The van der Waals surface area contributed by atoms with Gasteiger partial charge in [-0.15, -0.1) is 11.3 Å². The molecule has 3 N–H and O–H groups in total. The summed E-state index contributed by atoms with van der Waals surface area (Å²) in [6.45, 7) is 1.31. The SMILES string of the molecule is CC(OC(=O)c1sc2cc(Cl)ccc2c1Cl)C(=O)NC(N)=O. The summed E-state index contributed by atoms with van der Waals surface area (Å²) in [4.78, 5) is 34.3. The van der Waals surface area contributed by atoms with Crippen LogP contribution in [0, 0.1) is 0 Å². The number of fused-ring (bicyclic) bond motifs is 1. The van der Waals surface area contributed by atoms with Gasteiger partial charge >= 0.3 is 12.0 Å². The monoisotopic (exact) mass is 360 g/mol. The quantitative estimate of drug-likeness (QED) is 0.821. The van der Waals surface area contributed by atoms with Crippen molar-refractivity contribution >= 4 is 62.5 Å². The van der Waals surface area contributed by atoms with Crippen LogP contribution in [0.5, 0.6) is 0 Å². The van der Waals surface area contributed by atoms with Crippen LogP contribution in [0.25, 0.3) is 10.1 Å². The van der Waals surface area contributed by atoms with E-state index in [1.807, 2.05) is 5.32 Å². The lowest BCUT2D eigenvalue weighted by molar-refractivity contribution is -0.127. The fraction of sp³-hybridized carbons (Fsp3) is 0.154. The van der Waals surface area contributed by atoms with Crippen LogP contribution in [0.15, 0.2) is 18.2 Å². The van der Waals surface area contributed by atoms with Gasteiger partial charge in [-0.3, -0.25) is 10.1 Å². The van der Waals surface area contributed by atoms with Gasteiger partial charge in [-0.2, -0.15) is 0 Å². The van der Waals surface area contributed by atoms with Crippen molar-refractivity contribution in [2.24, 2.45) is 5.73 Å². The third kappa shape index (κ3) is 3.49. The van der Waals surface area contributed by atoms with Gasteiger partial charge in [0.1, 0.15) is 4.88 Å². The van der Waals surface area contributed by atoms with Crippen molar-refractivity contribution in [1.29, 1.82) is 0 Å². The van der Waals surface area contributed by atoms with Gasteiger partial charge in [0.25, 0.3) is 5.91 Å². The van der Waals surface area contributed by atoms with Crippen LogP contribution in [-0.2, 0) is 9.53 Å². The van der Waals surface area contributed by atoms with Gasteiger partial charge in [0, 0.05) is 15.1 Å². The number of esters is 1. The first-order valence-electron chi connectivity index (χ1n) is 5.98. The molecule has 0 aliphatic rings. The van der Waals surface area contributed by atoms with Crippen LogP contribution < -0.4 is 11.1 Å². The molecule has 0 saturated carbocycles. The number of urea groups is 1. The van der Waals surface area contributed by atoms with Gasteiger partial charge in [0.2, 0.25) is 0 Å². The summed E-state index contributed by atoms with van der Waals surface area (Å²) in [7, 11) is 0. The first-order valence-corrected chi connectivity index (χ1v) is 7.55. The molecule has 1 atom stereocenters. The molecule has 2 rings (SSSR count). The predicted molar refractivity (Wildman–Crippen MR) is 84.4 cm³/mol. The van der Waals surface area contributed by atoms with E-state index in [1.165, 1.54) is 6.92 Å². The molecule has 6 nitrogen and oxygen atoms in total. The molecular formula is C13H10Cl2N2O4S. The lowest BCUT2D eigenvalue weighted by Crippen LogP contribution is -2.42. The fourth-order valence-electron chi connectivity index (χ4n) is 1.66. The Labute approximate surface area is 139 Å². The Bertz CT molecular complexity index is 775. The molecule has 0 bridgehead atoms. The van der Waals surface area contributed by atoms with E-state index < -0.39 is 24.0 Å². The Hall–Kier alpha value is -1.83. The number of thiophene rings is 1. The van der Waals surface area contributed by atoms with Crippen LogP contribution in [0.1, 0.15) is 16.6 Å². The van der Waals surface area contributed by atoms with Gasteiger partial charge in [0.05, 0.1) is 5.02 Å². The predicted octanol–water partition coefficient (Wildman–Crippen LogP) is 2.95. The number of nitrogens with one attached hydrogen (secondary N) is 1. The number of hydrogen-bond acceptors (Lipinski definition) is 5. The van der Waals surface area contributed by atoms with E-state index in [4.69, 9.17) is 33.7 Å². The lowest BCUT2D eigenvalue weighted by atomic mass is 10.2. The zero-order chi connectivity index (χ0) is 16.4. The highest BCUT2D eigenvalue weighted by Crippen LogP contribution is 2.37. The number of nitrogens with two attached hydrogens (primary N) is 1. The average Bonchev–Trinajstić information content (AvgIpc) is 2.74. The average molecular weight is 361 g/mol. The Morgan fingerprint density at radius 3 is 2.64 bits per heavy atom. The zero-order valence-electron chi connectivity index (χ0n) is 11.2. The number of benzene rings is 1. The molecule has 0 radical (unpaired) electrons. The molecule has 116 valence electrons. The molecule has 1 aromatic carbocycles. The second kappa shape index (κ2) is 6.51. The number of halogens is 2. The summed E-state index contributed by atoms with van der Waals surface area (Å²) in [5, 5.41) is 3.23. The molecular weight excluding hydrogens is 351 g/mol. The molecule has 0 saturated heterocycles. The van der Waals surface area contributed by atoms with Crippen LogP contribution in [-0.4, -0.2) is 24.0 Å². The molecule has 0 aliphatic carbocycles. The Morgan fingerprint density at radius 1 is 1.32 bits per heavy atom. The Balaban J connectivity index is 2.21. The highest BCUT2D eigenvalue weighted by Gasteiger charge is 2.24. The fourth-order valence-corrected chi connectivity index (χ4v) is 3.33. The third-order valence-corrected chi connectivity index (χ3v) is 4.55. The Morgan fingerprint density at radius 2 is 2.00 bits per heavy atom. The van der Waals surface area contributed by atoms with Crippen molar-refractivity contribution in [2.45, 2.75) is 13.0 Å². The summed E-state index contributed by atoms with van der Waals surface area (Å²) in [5.41, 5.74) is 4.82. The minimum Gasteiger partial charge on any atom is -0.448 e. The maximum atomic E-state index is 12.1. The second-order valence-electron chi connectivity index (χ2n) is 4.29. The summed E-state index contributed by atoms with van der Waals surface area (Å²) < 4.78 is 5.69. The van der Waals surface area contributed by atoms with Gasteiger partial charge in [-0.25, -0.2) is 9.59 Å². The maximum Gasteiger partial charge on any atom is 0.350 e. The van der Waals surface area contributed by atoms with E-state index in [0.717, 1.165) is 16.0 Å². The third-order valence-electron chi connectivity index (χ3n) is 2.68. The number of rotatable bonds is 3. The van der Waals surface area contributed by atoms with E-state index in [9.17, 15) is 14.4 Å². The van der Waals surface area contributed by atoms with Crippen LogP contribution >= 0.6 is 34.5 Å². The Kier molecular flexibility index (Phi) is 4.90. The number of carbonyl (C=O) groups is 3. The van der Waals surface area contributed by atoms with Crippen LogP contribution in [0.3, 0.4) is 0 Å².